The highest BCUT2D eigenvalue weighted by molar-refractivity contribution is 5.88. The highest BCUT2D eigenvalue weighted by Gasteiger charge is 2.10. The molecule has 122 valence electrons. The monoisotopic (exact) mass is 328 g/mol. The average molecular weight is 328 g/mol. The Morgan fingerprint density at radius 3 is 2.28 bits per heavy atom. The molecule has 2 aromatic heterocycles. The van der Waals surface area contributed by atoms with Gasteiger partial charge in [0.15, 0.2) is 0 Å². The summed E-state index contributed by atoms with van der Waals surface area (Å²) in [6.45, 7) is 0.709. The lowest BCUT2D eigenvalue weighted by Crippen LogP contribution is -1.99. The molecule has 0 bridgehead atoms. The van der Waals surface area contributed by atoms with Crippen molar-refractivity contribution in [2.45, 2.75) is 6.54 Å². The van der Waals surface area contributed by atoms with Gasteiger partial charge in [0.25, 0.3) is 0 Å². The van der Waals surface area contributed by atoms with Crippen LogP contribution in [0.15, 0.2) is 84.6 Å². The quantitative estimate of drug-likeness (QED) is 0.529. The first-order valence-corrected chi connectivity index (χ1v) is 7.94. The molecule has 0 aliphatic carbocycles. The van der Waals surface area contributed by atoms with Gasteiger partial charge in [-0.15, -0.1) is 10.2 Å². The van der Waals surface area contributed by atoms with E-state index >= 15 is 0 Å². The fourth-order valence-corrected chi connectivity index (χ4v) is 2.59. The summed E-state index contributed by atoms with van der Waals surface area (Å²) in [5, 5.41) is 16.6. The van der Waals surface area contributed by atoms with E-state index in [-0.39, 0.29) is 0 Å². The molecule has 2 heterocycles. The van der Waals surface area contributed by atoms with E-state index in [9.17, 15) is 0 Å². The Morgan fingerprint density at radius 2 is 1.56 bits per heavy atom. The lowest BCUT2D eigenvalue weighted by molar-refractivity contribution is 0.689. The molecule has 25 heavy (non-hydrogen) atoms. The van der Waals surface area contributed by atoms with Crippen molar-refractivity contribution in [3.8, 4) is 11.3 Å². The van der Waals surface area contributed by atoms with E-state index in [0.29, 0.717) is 6.54 Å². The van der Waals surface area contributed by atoms with Crippen molar-refractivity contribution in [1.82, 2.24) is 24.7 Å². The van der Waals surface area contributed by atoms with Crippen LogP contribution in [0.5, 0.6) is 0 Å². The van der Waals surface area contributed by atoms with Crippen LogP contribution >= 0.6 is 0 Å². The Morgan fingerprint density at radius 1 is 0.880 bits per heavy atom. The number of benzene rings is 2. The number of nitrogens with zero attached hydrogens (tertiary/aromatic N) is 6. The van der Waals surface area contributed by atoms with Crippen LogP contribution in [0.25, 0.3) is 11.3 Å². The van der Waals surface area contributed by atoms with Crippen molar-refractivity contribution in [2.24, 2.45) is 5.10 Å². The summed E-state index contributed by atoms with van der Waals surface area (Å²) in [7, 11) is 0. The summed E-state index contributed by atoms with van der Waals surface area (Å²) >= 11 is 0. The standard InChI is InChI=1S/C19H16N6/c1-3-7-16(8-4-1)12-24-13-18(11-22-25-14-20-21-15-25)19(23-24)17-9-5-2-6-10-17/h1-11,13-15H,12H2/b22-11-. The van der Waals surface area contributed by atoms with Crippen molar-refractivity contribution in [3.05, 3.63) is 90.6 Å². The number of aromatic nitrogens is 5. The molecule has 0 unspecified atom stereocenters. The second-order valence-corrected chi connectivity index (χ2v) is 5.57. The average Bonchev–Trinajstić information content (AvgIpc) is 3.31. The van der Waals surface area contributed by atoms with Crippen LogP contribution in [0.1, 0.15) is 11.1 Å². The van der Waals surface area contributed by atoms with Gasteiger partial charge >= 0.3 is 0 Å². The molecule has 6 heteroatoms. The Hall–Kier alpha value is -3.54. The lowest BCUT2D eigenvalue weighted by atomic mass is 10.1. The maximum atomic E-state index is 4.76. The second kappa shape index (κ2) is 6.92. The zero-order valence-corrected chi connectivity index (χ0v) is 13.5. The van der Waals surface area contributed by atoms with Crippen molar-refractivity contribution >= 4 is 6.21 Å². The normalized spacial score (nSPS) is 11.2. The molecule has 6 nitrogen and oxygen atoms in total. The van der Waals surface area contributed by atoms with E-state index < -0.39 is 0 Å². The largest absolute Gasteiger partial charge is 0.267 e. The Balaban J connectivity index is 1.70. The third kappa shape index (κ3) is 3.53. The second-order valence-electron chi connectivity index (χ2n) is 5.57. The third-order valence-corrected chi connectivity index (χ3v) is 3.76. The molecule has 0 aliphatic heterocycles. The van der Waals surface area contributed by atoms with E-state index in [0.717, 1.165) is 16.8 Å². The molecule has 0 saturated heterocycles. The van der Waals surface area contributed by atoms with Gasteiger partial charge in [0.2, 0.25) is 0 Å². The fraction of sp³-hybridized carbons (Fsp3) is 0.0526. The highest BCUT2D eigenvalue weighted by atomic mass is 15.4. The molecule has 4 rings (SSSR count). The van der Waals surface area contributed by atoms with Gasteiger partial charge < -0.3 is 0 Å². The summed E-state index contributed by atoms with van der Waals surface area (Å²) in [4.78, 5) is 0. The molecule has 4 aromatic rings. The topological polar surface area (TPSA) is 60.9 Å². The van der Waals surface area contributed by atoms with E-state index in [1.54, 1.807) is 23.5 Å². The fourth-order valence-electron chi connectivity index (χ4n) is 2.59. The zero-order valence-electron chi connectivity index (χ0n) is 13.5. The maximum absolute atomic E-state index is 4.76. The van der Waals surface area contributed by atoms with Crippen LogP contribution in [0.4, 0.5) is 0 Å². The molecule has 0 fully saturated rings. The molecule has 2 aromatic carbocycles. The molecule has 0 radical (unpaired) electrons. The summed E-state index contributed by atoms with van der Waals surface area (Å²) in [5.41, 5.74) is 4.09. The summed E-state index contributed by atoms with van der Waals surface area (Å²) in [5.74, 6) is 0. The van der Waals surface area contributed by atoms with E-state index in [1.807, 2.05) is 59.4 Å². The predicted molar refractivity (Wildman–Crippen MR) is 96.2 cm³/mol. The summed E-state index contributed by atoms with van der Waals surface area (Å²) in [6, 6.07) is 20.4. The van der Waals surface area contributed by atoms with Gasteiger partial charge in [0.1, 0.15) is 18.3 Å². The first-order valence-electron chi connectivity index (χ1n) is 7.94. The Kier molecular flexibility index (Phi) is 4.16. The van der Waals surface area contributed by atoms with Crippen molar-refractivity contribution in [3.63, 3.8) is 0 Å². The van der Waals surface area contributed by atoms with Gasteiger partial charge in [0.05, 0.1) is 12.8 Å². The minimum atomic E-state index is 0.709. The van der Waals surface area contributed by atoms with Crippen molar-refractivity contribution in [2.75, 3.05) is 0 Å². The molecular formula is C19H16N6. The molecule has 0 N–H and O–H groups in total. The minimum Gasteiger partial charge on any atom is -0.267 e. The molecule has 0 atom stereocenters. The lowest BCUT2D eigenvalue weighted by Gasteiger charge is -2.01. The molecule has 0 amide bonds. The van der Waals surface area contributed by atoms with Gasteiger partial charge in [-0.05, 0) is 5.56 Å². The first-order chi connectivity index (χ1) is 12.4. The van der Waals surface area contributed by atoms with Crippen molar-refractivity contribution in [1.29, 1.82) is 0 Å². The number of rotatable bonds is 5. The van der Waals surface area contributed by atoms with Crippen LogP contribution in [0, 0.1) is 0 Å². The summed E-state index contributed by atoms with van der Waals surface area (Å²) in [6.07, 6.45) is 6.88. The highest BCUT2D eigenvalue weighted by Crippen LogP contribution is 2.21. The maximum Gasteiger partial charge on any atom is 0.141 e. The van der Waals surface area contributed by atoms with Gasteiger partial charge in [0, 0.05) is 17.3 Å². The smallest absolute Gasteiger partial charge is 0.141 e. The van der Waals surface area contributed by atoms with Crippen LogP contribution in [-0.4, -0.2) is 30.9 Å². The predicted octanol–water partition coefficient (Wildman–Crippen LogP) is 3.07. The zero-order chi connectivity index (χ0) is 16.9. The van der Waals surface area contributed by atoms with E-state index in [2.05, 4.69) is 27.4 Å². The van der Waals surface area contributed by atoms with E-state index in [4.69, 9.17) is 5.10 Å². The molecule has 0 saturated carbocycles. The Labute approximate surface area is 145 Å². The Bertz CT molecular complexity index is 956. The third-order valence-electron chi connectivity index (χ3n) is 3.76. The van der Waals surface area contributed by atoms with Crippen LogP contribution < -0.4 is 0 Å². The molecular weight excluding hydrogens is 312 g/mol. The van der Waals surface area contributed by atoms with Gasteiger partial charge in [-0.25, -0.2) is 4.68 Å². The molecule has 0 aliphatic rings. The molecule has 0 spiro atoms. The van der Waals surface area contributed by atoms with Gasteiger partial charge in [-0.2, -0.15) is 10.2 Å². The van der Waals surface area contributed by atoms with Crippen molar-refractivity contribution < 1.29 is 0 Å². The number of hydrogen-bond acceptors (Lipinski definition) is 4. The van der Waals surface area contributed by atoms with Gasteiger partial charge in [-0.3, -0.25) is 4.68 Å². The van der Waals surface area contributed by atoms with Crippen LogP contribution in [0.3, 0.4) is 0 Å². The van der Waals surface area contributed by atoms with Crippen LogP contribution in [-0.2, 0) is 6.54 Å². The minimum absolute atomic E-state index is 0.709. The number of hydrogen-bond donors (Lipinski definition) is 0. The van der Waals surface area contributed by atoms with Gasteiger partial charge in [-0.1, -0.05) is 60.7 Å². The first kappa shape index (κ1) is 15.0. The SMILES string of the molecule is C(=N/n1cnnc1)/c1cn(Cc2ccccc2)nc1-c1ccccc1. The summed E-state index contributed by atoms with van der Waals surface area (Å²) < 4.78 is 3.49. The van der Waals surface area contributed by atoms with Crippen LogP contribution in [0.2, 0.25) is 0 Å². The van der Waals surface area contributed by atoms with E-state index in [1.165, 1.54) is 5.56 Å².